The van der Waals surface area contributed by atoms with Gasteiger partial charge in [-0.15, -0.1) is 0 Å². The lowest BCUT2D eigenvalue weighted by atomic mass is 10.2. The average molecular weight is 199 g/mol. The molecule has 0 aliphatic heterocycles. The number of aromatic nitrogens is 3. The zero-order chi connectivity index (χ0) is 10.4. The number of nitrogen functional groups attached to an aromatic ring is 1. The minimum atomic E-state index is 0.129. The largest absolute Gasteiger partial charge is 0.394 e. The maximum atomic E-state index is 8.75. The molecule has 3 rings (SSSR count). The summed E-state index contributed by atoms with van der Waals surface area (Å²) in [7, 11) is 0. The lowest BCUT2D eigenvalue weighted by Crippen LogP contribution is -1.96. The van der Waals surface area contributed by atoms with Crippen LogP contribution in [0.5, 0.6) is 0 Å². The van der Waals surface area contributed by atoms with Gasteiger partial charge in [-0.3, -0.25) is 0 Å². The van der Waals surface area contributed by atoms with Crippen molar-refractivity contribution in [1.29, 1.82) is 5.26 Å². The van der Waals surface area contributed by atoms with Gasteiger partial charge in [-0.05, 0) is 12.5 Å². The Morgan fingerprint density at radius 2 is 2.47 bits per heavy atom. The summed E-state index contributed by atoms with van der Waals surface area (Å²) < 4.78 is 1.64. The van der Waals surface area contributed by atoms with Crippen molar-refractivity contribution >= 4 is 11.3 Å². The van der Waals surface area contributed by atoms with E-state index in [-0.39, 0.29) is 11.8 Å². The van der Waals surface area contributed by atoms with Crippen molar-refractivity contribution in [1.82, 2.24) is 14.6 Å². The number of hydrogen-bond donors (Lipinski definition) is 1. The normalized spacial score (nSPS) is 23.9. The lowest BCUT2D eigenvalue weighted by Gasteiger charge is -1.98. The third-order valence-corrected chi connectivity index (χ3v) is 2.75. The quantitative estimate of drug-likeness (QED) is 0.741. The van der Waals surface area contributed by atoms with Crippen molar-refractivity contribution < 1.29 is 0 Å². The fraction of sp³-hybridized carbons (Fsp3) is 0.300. The Morgan fingerprint density at radius 3 is 3.20 bits per heavy atom. The van der Waals surface area contributed by atoms with E-state index in [2.05, 4.69) is 16.2 Å². The van der Waals surface area contributed by atoms with Gasteiger partial charge in [0.1, 0.15) is 0 Å². The smallest absolute Gasteiger partial charge is 0.178 e. The zero-order valence-corrected chi connectivity index (χ0v) is 7.96. The molecule has 0 amide bonds. The van der Waals surface area contributed by atoms with Crippen LogP contribution in [0.4, 0.5) is 5.69 Å². The second-order valence-electron chi connectivity index (χ2n) is 3.80. The van der Waals surface area contributed by atoms with Gasteiger partial charge < -0.3 is 5.73 Å². The van der Waals surface area contributed by atoms with Crippen molar-refractivity contribution in [3.63, 3.8) is 0 Å². The van der Waals surface area contributed by atoms with Gasteiger partial charge in [-0.2, -0.15) is 10.4 Å². The van der Waals surface area contributed by atoms with E-state index < -0.39 is 0 Å². The van der Waals surface area contributed by atoms with E-state index in [1.165, 1.54) is 0 Å². The van der Waals surface area contributed by atoms with Crippen LogP contribution in [0.25, 0.3) is 5.65 Å². The second-order valence-corrected chi connectivity index (χ2v) is 3.80. The van der Waals surface area contributed by atoms with Gasteiger partial charge in [0.25, 0.3) is 0 Å². The molecule has 2 atom stereocenters. The molecule has 1 aliphatic rings. The minimum absolute atomic E-state index is 0.129. The highest BCUT2D eigenvalue weighted by Gasteiger charge is 2.39. The molecule has 0 saturated heterocycles. The molecule has 0 spiro atoms. The maximum Gasteiger partial charge on any atom is 0.178 e. The molecule has 2 unspecified atom stereocenters. The average Bonchev–Trinajstić information content (AvgIpc) is 2.97. The van der Waals surface area contributed by atoms with E-state index in [0.29, 0.717) is 11.3 Å². The predicted molar refractivity (Wildman–Crippen MR) is 53.9 cm³/mol. The Bertz CT molecular complexity index is 565. The molecule has 5 nitrogen and oxygen atoms in total. The highest BCUT2D eigenvalue weighted by Crippen LogP contribution is 2.46. The highest BCUT2D eigenvalue weighted by atomic mass is 15.2. The van der Waals surface area contributed by atoms with Gasteiger partial charge in [0.05, 0.1) is 23.9 Å². The van der Waals surface area contributed by atoms with E-state index in [0.717, 1.165) is 12.1 Å². The number of nitriles is 1. The van der Waals surface area contributed by atoms with Crippen molar-refractivity contribution in [2.45, 2.75) is 12.3 Å². The van der Waals surface area contributed by atoms with Crippen LogP contribution in [0.1, 0.15) is 18.0 Å². The molecule has 2 aromatic rings. The monoisotopic (exact) mass is 199 g/mol. The molecule has 5 heteroatoms. The van der Waals surface area contributed by atoms with Crippen LogP contribution in [-0.2, 0) is 0 Å². The van der Waals surface area contributed by atoms with Gasteiger partial charge in [-0.1, -0.05) is 0 Å². The first-order valence-electron chi connectivity index (χ1n) is 4.79. The molecule has 0 bridgehead atoms. The molecule has 1 fully saturated rings. The van der Waals surface area contributed by atoms with Crippen LogP contribution in [0, 0.1) is 17.2 Å². The Labute approximate surface area is 86.1 Å². The molecule has 1 aliphatic carbocycles. The third-order valence-electron chi connectivity index (χ3n) is 2.75. The summed E-state index contributed by atoms with van der Waals surface area (Å²) in [5, 5.41) is 12.8. The molecule has 2 aromatic heterocycles. The molecule has 1 saturated carbocycles. The summed E-state index contributed by atoms with van der Waals surface area (Å²) in [6.45, 7) is 0. The SMILES string of the molecule is N#CC1CC1c1ccn2ncc(N)c2n1. The molecule has 0 aromatic carbocycles. The summed E-state index contributed by atoms with van der Waals surface area (Å²) in [4.78, 5) is 4.42. The topological polar surface area (TPSA) is 80.0 Å². The summed E-state index contributed by atoms with van der Waals surface area (Å²) in [5.74, 6) is 0.415. The van der Waals surface area contributed by atoms with Gasteiger partial charge in [0, 0.05) is 17.8 Å². The molecule has 2 heterocycles. The minimum Gasteiger partial charge on any atom is -0.394 e. The van der Waals surface area contributed by atoms with Crippen LogP contribution in [-0.4, -0.2) is 14.6 Å². The predicted octanol–water partition coefficient (Wildman–Crippen LogP) is 0.939. The summed E-state index contributed by atoms with van der Waals surface area (Å²) in [5.41, 5.74) is 7.92. The lowest BCUT2D eigenvalue weighted by molar-refractivity contribution is 0.895. The summed E-state index contributed by atoms with van der Waals surface area (Å²) in [6, 6.07) is 4.15. The van der Waals surface area contributed by atoms with Crippen LogP contribution in [0.15, 0.2) is 18.5 Å². The standard InChI is InChI=1S/C10H9N5/c11-4-6-3-7(6)9-1-2-15-10(14-9)8(12)5-13-15/h1-2,5-7H,3,12H2. The first-order valence-corrected chi connectivity index (χ1v) is 4.79. The third kappa shape index (κ3) is 1.15. The Hall–Kier alpha value is -2.09. The molecule has 0 radical (unpaired) electrons. The van der Waals surface area contributed by atoms with Crippen LogP contribution in [0.2, 0.25) is 0 Å². The first-order chi connectivity index (χ1) is 7.29. The van der Waals surface area contributed by atoms with Gasteiger partial charge in [-0.25, -0.2) is 9.50 Å². The highest BCUT2D eigenvalue weighted by molar-refractivity contribution is 5.63. The van der Waals surface area contributed by atoms with E-state index in [1.54, 1.807) is 10.7 Å². The van der Waals surface area contributed by atoms with Crippen LogP contribution >= 0.6 is 0 Å². The zero-order valence-electron chi connectivity index (χ0n) is 7.96. The Balaban J connectivity index is 2.07. The van der Waals surface area contributed by atoms with Gasteiger partial charge in [0.15, 0.2) is 5.65 Å². The number of fused-ring (bicyclic) bond motifs is 1. The fourth-order valence-electron chi connectivity index (χ4n) is 1.77. The summed E-state index contributed by atoms with van der Waals surface area (Å²) >= 11 is 0. The molecule has 2 N–H and O–H groups in total. The van der Waals surface area contributed by atoms with E-state index in [4.69, 9.17) is 11.0 Å². The fourth-order valence-corrected chi connectivity index (χ4v) is 1.77. The maximum absolute atomic E-state index is 8.75. The van der Waals surface area contributed by atoms with Crippen molar-refractivity contribution in [2.75, 3.05) is 5.73 Å². The number of anilines is 1. The van der Waals surface area contributed by atoms with Gasteiger partial charge >= 0.3 is 0 Å². The van der Waals surface area contributed by atoms with Crippen molar-refractivity contribution in [3.8, 4) is 6.07 Å². The Morgan fingerprint density at radius 1 is 1.60 bits per heavy atom. The molecular weight excluding hydrogens is 190 g/mol. The molecule has 74 valence electrons. The van der Waals surface area contributed by atoms with Crippen molar-refractivity contribution in [2.24, 2.45) is 5.92 Å². The van der Waals surface area contributed by atoms with E-state index in [1.807, 2.05) is 12.3 Å². The van der Waals surface area contributed by atoms with E-state index in [9.17, 15) is 0 Å². The van der Waals surface area contributed by atoms with Gasteiger partial charge in [0.2, 0.25) is 0 Å². The number of nitrogens with two attached hydrogens (primary N) is 1. The van der Waals surface area contributed by atoms with Crippen LogP contribution < -0.4 is 5.73 Å². The second kappa shape index (κ2) is 2.70. The summed E-state index contributed by atoms with van der Waals surface area (Å²) in [6.07, 6.45) is 4.33. The van der Waals surface area contributed by atoms with Crippen LogP contribution in [0.3, 0.4) is 0 Å². The Kier molecular flexibility index (Phi) is 1.48. The number of rotatable bonds is 1. The molecular formula is C10H9N5. The van der Waals surface area contributed by atoms with Crippen molar-refractivity contribution in [3.05, 3.63) is 24.2 Å². The number of hydrogen-bond acceptors (Lipinski definition) is 4. The molecule has 15 heavy (non-hydrogen) atoms. The number of nitrogens with zero attached hydrogens (tertiary/aromatic N) is 4. The first kappa shape index (κ1) is 8.24. The van der Waals surface area contributed by atoms with E-state index >= 15 is 0 Å².